The van der Waals surface area contributed by atoms with Crippen LogP contribution >= 0.6 is 0 Å². The van der Waals surface area contributed by atoms with E-state index in [0.29, 0.717) is 0 Å². The van der Waals surface area contributed by atoms with Gasteiger partial charge in [0.25, 0.3) is 0 Å². The summed E-state index contributed by atoms with van der Waals surface area (Å²) in [7, 11) is 0. The second-order valence-corrected chi connectivity index (χ2v) is 2.38. The fourth-order valence-corrected chi connectivity index (χ4v) is 0.615. The van der Waals surface area contributed by atoms with E-state index in [-0.39, 0.29) is 12.8 Å². The maximum atomic E-state index is 11.4. The van der Waals surface area contributed by atoms with Gasteiger partial charge in [-0.15, -0.1) is 13.2 Å². The Bertz CT molecular complexity index is 171. The fraction of sp³-hybridized carbons (Fsp3) is 0.833. The molecule has 0 fully saturated rings. The monoisotopic (exact) mass is 201 g/mol. The van der Waals surface area contributed by atoms with Crippen LogP contribution in [-0.2, 0) is 9.53 Å². The summed E-state index contributed by atoms with van der Waals surface area (Å²) in [6, 6.07) is -1.13. The van der Waals surface area contributed by atoms with Gasteiger partial charge in [-0.05, 0) is 12.8 Å². The van der Waals surface area contributed by atoms with Crippen LogP contribution in [0.5, 0.6) is 0 Å². The van der Waals surface area contributed by atoms with E-state index in [9.17, 15) is 18.0 Å². The molecule has 0 aromatic rings. The molecule has 0 saturated carbocycles. The van der Waals surface area contributed by atoms with Crippen molar-refractivity contribution in [1.29, 1.82) is 0 Å². The molecule has 0 aromatic carbocycles. The first-order valence-corrected chi connectivity index (χ1v) is 3.52. The van der Waals surface area contributed by atoms with Gasteiger partial charge < -0.3 is 10.8 Å². The summed E-state index contributed by atoms with van der Waals surface area (Å²) in [4.78, 5) is 10.1. The van der Waals surface area contributed by atoms with Crippen LogP contribution in [0, 0.1) is 0 Å². The SMILES string of the molecule is NC(CCCOC(F)(F)F)C(=O)O. The number of rotatable bonds is 5. The summed E-state index contributed by atoms with van der Waals surface area (Å²) in [6.07, 6.45) is -4.73. The molecule has 0 radical (unpaired) electrons. The van der Waals surface area contributed by atoms with E-state index in [1.165, 1.54) is 0 Å². The Kier molecular flexibility index (Phi) is 4.71. The quantitative estimate of drug-likeness (QED) is 0.642. The Morgan fingerprint density at radius 3 is 2.46 bits per heavy atom. The normalized spacial score (nSPS) is 14.2. The summed E-state index contributed by atoms with van der Waals surface area (Å²) < 4.78 is 37.5. The summed E-state index contributed by atoms with van der Waals surface area (Å²) in [6.45, 7) is -0.565. The van der Waals surface area contributed by atoms with Crippen LogP contribution < -0.4 is 5.73 Å². The largest absolute Gasteiger partial charge is 0.522 e. The third kappa shape index (κ3) is 7.54. The summed E-state index contributed by atoms with van der Waals surface area (Å²) in [5.74, 6) is -1.23. The molecule has 0 aliphatic carbocycles. The highest BCUT2D eigenvalue weighted by Gasteiger charge is 2.28. The molecule has 0 aromatic heterocycles. The molecule has 4 nitrogen and oxygen atoms in total. The number of carboxylic acid groups (broad SMARTS) is 1. The van der Waals surface area contributed by atoms with Crippen molar-refractivity contribution in [2.75, 3.05) is 6.61 Å². The highest BCUT2D eigenvalue weighted by molar-refractivity contribution is 5.72. The van der Waals surface area contributed by atoms with Crippen molar-refractivity contribution in [3.63, 3.8) is 0 Å². The Morgan fingerprint density at radius 2 is 2.08 bits per heavy atom. The lowest BCUT2D eigenvalue weighted by molar-refractivity contribution is -0.324. The van der Waals surface area contributed by atoms with Gasteiger partial charge in [0.05, 0.1) is 6.61 Å². The van der Waals surface area contributed by atoms with Gasteiger partial charge in [-0.2, -0.15) is 0 Å². The lowest BCUT2D eigenvalue weighted by Gasteiger charge is -2.08. The molecular weight excluding hydrogens is 191 g/mol. The number of halogens is 3. The topological polar surface area (TPSA) is 72.5 Å². The van der Waals surface area contributed by atoms with Crippen LogP contribution in [0.3, 0.4) is 0 Å². The molecule has 7 heteroatoms. The second kappa shape index (κ2) is 5.03. The maximum absolute atomic E-state index is 11.4. The minimum Gasteiger partial charge on any atom is -0.480 e. The molecule has 78 valence electrons. The van der Waals surface area contributed by atoms with Gasteiger partial charge in [0.2, 0.25) is 0 Å². The van der Waals surface area contributed by atoms with E-state index in [4.69, 9.17) is 10.8 Å². The van der Waals surface area contributed by atoms with E-state index < -0.39 is 25.0 Å². The number of hydrogen-bond donors (Lipinski definition) is 2. The number of hydrogen-bond acceptors (Lipinski definition) is 3. The molecule has 1 atom stereocenters. The number of carbonyl (C=O) groups is 1. The van der Waals surface area contributed by atoms with Crippen molar-refractivity contribution < 1.29 is 27.8 Å². The Balaban J connectivity index is 3.41. The second-order valence-electron chi connectivity index (χ2n) is 2.38. The predicted molar refractivity (Wildman–Crippen MR) is 36.9 cm³/mol. The highest BCUT2D eigenvalue weighted by atomic mass is 19.4. The van der Waals surface area contributed by atoms with Crippen LogP contribution in [0.25, 0.3) is 0 Å². The number of aliphatic carboxylic acids is 1. The molecule has 0 heterocycles. The van der Waals surface area contributed by atoms with Crippen molar-refractivity contribution in [3.8, 4) is 0 Å². The molecule has 13 heavy (non-hydrogen) atoms. The summed E-state index contributed by atoms with van der Waals surface area (Å²) >= 11 is 0. The minimum atomic E-state index is -4.66. The van der Waals surface area contributed by atoms with E-state index in [0.717, 1.165) is 0 Å². The Hall–Kier alpha value is -0.820. The van der Waals surface area contributed by atoms with Crippen LogP contribution in [0.2, 0.25) is 0 Å². The fourth-order valence-electron chi connectivity index (χ4n) is 0.615. The van der Waals surface area contributed by atoms with Crippen molar-refractivity contribution >= 4 is 5.97 Å². The molecule has 1 unspecified atom stereocenters. The van der Waals surface area contributed by atoms with E-state index in [1.54, 1.807) is 0 Å². The van der Waals surface area contributed by atoms with Crippen LogP contribution in [0.1, 0.15) is 12.8 Å². The zero-order chi connectivity index (χ0) is 10.5. The zero-order valence-electron chi connectivity index (χ0n) is 6.67. The molecule has 0 rings (SSSR count). The first kappa shape index (κ1) is 12.2. The van der Waals surface area contributed by atoms with Crippen molar-refractivity contribution in [1.82, 2.24) is 0 Å². The van der Waals surface area contributed by atoms with Crippen molar-refractivity contribution in [2.24, 2.45) is 5.73 Å². The third-order valence-electron chi connectivity index (χ3n) is 1.24. The molecule has 0 spiro atoms. The van der Waals surface area contributed by atoms with Crippen LogP contribution in [0.4, 0.5) is 13.2 Å². The van der Waals surface area contributed by atoms with Gasteiger partial charge in [0.15, 0.2) is 0 Å². The number of carboxylic acids is 1. The van der Waals surface area contributed by atoms with E-state index >= 15 is 0 Å². The standard InChI is InChI=1S/C6H10F3NO3/c7-6(8,9)13-3-1-2-4(10)5(11)12/h4H,1-3,10H2,(H,11,12). The Morgan fingerprint density at radius 1 is 1.54 bits per heavy atom. The average molecular weight is 201 g/mol. The van der Waals surface area contributed by atoms with Gasteiger partial charge in [-0.3, -0.25) is 9.53 Å². The minimum absolute atomic E-state index is 0.0347. The number of alkyl halides is 3. The number of nitrogens with two attached hydrogens (primary N) is 1. The average Bonchev–Trinajstić information content (AvgIpc) is 1.95. The van der Waals surface area contributed by atoms with Gasteiger partial charge in [0.1, 0.15) is 6.04 Å². The molecule has 3 N–H and O–H groups in total. The number of ether oxygens (including phenoxy) is 1. The smallest absolute Gasteiger partial charge is 0.480 e. The summed E-state index contributed by atoms with van der Waals surface area (Å²) in [5.41, 5.74) is 5.03. The lowest BCUT2D eigenvalue weighted by Crippen LogP contribution is -2.30. The third-order valence-corrected chi connectivity index (χ3v) is 1.24. The van der Waals surface area contributed by atoms with E-state index in [1.807, 2.05) is 0 Å². The Labute approximate surface area is 72.5 Å². The molecule has 0 aliphatic heterocycles. The van der Waals surface area contributed by atoms with Gasteiger partial charge in [0, 0.05) is 0 Å². The highest BCUT2D eigenvalue weighted by Crippen LogP contribution is 2.16. The predicted octanol–water partition coefficient (Wildman–Crippen LogP) is 0.715. The van der Waals surface area contributed by atoms with Crippen LogP contribution in [0.15, 0.2) is 0 Å². The molecule has 0 amide bonds. The lowest BCUT2D eigenvalue weighted by atomic mass is 10.2. The van der Waals surface area contributed by atoms with Crippen molar-refractivity contribution in [3.05, 3.63) is 0 Å². The van der Waals surface area contributed by atoms with Gasteiger partial charge in [-0.25, -0.2) is 0 Å². The molecule has 0 saturated heterocycles. The van der Waals surface area contributed by atoms with Crippen molar-refractivity contribution in [2.45, 2.75) is 25.2 Å². The maximum Gasteiger partial charge on any atom is 0.522 e. The molecular formula is C6H10F3NO3. The molecule has 0 bridgehead atoms. The van der Waals surface area contributed by atoms with E-state index in [2.05, 4.69) is 4.74 Å². The molecule has 0 aliphatic rings. The zero-order valence-corrected chi connectivity index (χ0v) is 6.67. The van der Waals surface area contributed by atoms with Gasteiger partial charge in [-0.1, -0.05) is 0 Å². The first-order valence-electron chi connectivity index (χ1n) is 3.52. The van der Waals surface area contributed by atoms with Crippen LogP contribution in [-0.4, -0.2) is 30.1 Å². The van der Waals surface area contributed by atoms with Gasteiger partial charge >= 0.3 is 12.3 Å². The summed E-state index contributed by atoms with van der Waals surface area (Å²) in [5, 5.41) is 8.25. The first-order chi connectivity index (χ1) is 5.83.